The van der Waals surface area contributed by atoms with Crippen LogP contribution in [0, 0.1) is 0 Å². The Morgan fingerprint density at radius 1 is 0.472 bits per heavy atom. The second-order valence-corrected chi connectivity index (χ2v) is 8.93. The van der Waals surface area contributed by atoms with Crippen molar-refractivity contribution in [2.45, 2.75) is 23.7 Å². The van der Waals surface area contributed by atoms with E-state index in [1.165, 1.54) is 11.1 Å². The minimum Gasteiger partial charge on any atom is -0.373 e. The van der Waals surface area contributed by atoms with Crippen LogP contribution in [0.25, 0.3) is 0 Å². The van der Waals surface area contributed by atoms with E-state index in [1.807, 2.05) is 28.2 Å². The third-order valence-electron chi connectivity index (χ3n) is 7.05. The summed E-state index contributed by atoms with van der Waals surface area (Å²) in [6.07, 6.45) is 0. The fraction of sp³-hybridized carbons (Fsp3) is 0.286. The maximum atomic E-state index is 4.95. The molecule has 4 aromatic rings. The molecule has 0 atom stereocenters. The first-order valence-electron chi connectivity index (χ1n) is 12.3. The van der Waals surface area contributed by atoms with E-state index in [9.17, 15) is 0 Å². The van der Waals surface area contributed by atoms with Gasteiger partial charge in [0.2, 0.25) is 11.9 Å². The summed E-state index contributed by atoms with van der Waals surface area (Å²) >= 11 is 0. The lowest BCUT2D eigenvalue weighted by atomic mass is 9.50. The Kier molecular flexibility index (Phi) is 6.66. The predicted octanol–water partition coefficient (Wildman–Crippen LogP) is 4.88. The van der Waals surface area contributed by atoms with Gasteiger partial charge in [0, 0.05) is 64.0 Å². The molecule has 36 heavy (non-hydrogen) atoms. The second-order valence-electron chi connectivity index (χ2n) is 8.93. The van der Waals surface area contributed by atoms with E-state index in [0.717, 1.165) is 23.0 Å². The number of benzene rings is 2. The normalized spacial score (nSPS) is 20.8. The minimum atomic E-state index is 0.132. The molecule has 1 aliphatic rings. The first-order valence-corrected chi connectivity index (χ1v) is 12.3. The summed E-state index contributed by atoms with van der Waals surface area (Å²) < 4.78 is 0. The Balaban J connectivity index is 1.72. The number of hydrogen-bond donors (Lipinski definition) is 4. The highest BCUT2D eigenvalue weighted by Gasteiger charge is 2.54. The van der Waals surface area contributed by atoms with E-state index < -0.39 is 0 Å². The molecule has 5 rings (SSSR count). The van der Waals surface area contributed by atoms with Crippen LogP contribution < -0.4 is 21.3 Å². The lowest BCUT2D eigenvalue weighted by molar-refractivity contribution is 0.220. The third-order valence-corrected chi connectivity index (χ3v) is 7.05. The number of nitrogens with one attached hydrogen (secondary N) is 4. The monoisotopic (exact) mass is 480 g/mol. The highest BCUT2D eigenvalue weighted by atomic mass is 15.1. The zero-order chi connectivity index (χ0) is 25.1. The molecule has 0 radical (unpaired) electrons. The van der Waals surface area contributed by atoms with Gasteiger partial charge >= 0.3 is 0 Å². The Labute approximate surface area is 212 Å². The lowest BCUT2D eigenvalue weighted by Crippen LogP contribution is -2.41. The quantitative estimate of drug-likeness (QED) is 0.283. The Morgan fingerprint density at radius 2 is 0.861 bits per heavy atom. The zero-order valence-electron chi connectivity index (χ0n) is 21.0. The average molecular weight is 481 g/mol. The van der Waals surface area contributed by atoms with Gasteiger partial charge in [-0.25, -0.2) is 9.97 Å². The Hall–Kier alpha value is -4.20. The van der Waals surface area contributed by atoms with Crippen molar-refractivity contribution in [3.8, 4) is 0 Å². The van der Waals surface area contributed by atoms with Crippen LogP contribution in [0.2, 0.25) is 0 Å². The van der Waals surface area contributed by atoms with Gasteiger partial charge in [-0.3, -0.25) is 0 Å². The van der Waals surface area contributed by atoms with Gasteiger partial charge in [0.1, 0.15) is 11.6 Å². The molecule has 2 aromatic heterocycles. The van der Waals surface area contributed by atoms with Crippen LogP contribution in [-0.4, -0.2) is 48.1 Å². The van der Waals surface area contributed by atoms with Crippen molar-refractivity contribution < 1.29 is 0 Å². The summed E-state index contributed by atoms with van der Waals surface area (Å²) in [5.74, 6) is 3.41. The number of rotatable bonds is 8. The summed E-state index contributed by atoms with van der Waals surface area (Å²) in [5, 5.41) is 12.7. The molecule has 0 spiro atoms. The summed E-state index contributed by atoms with van der Waals surface area (Å²) in [6, 6.07) is 25.6. The zero-order valence-corrected chi connectivity index (χ0v) is 21.0. The maximum Gasteiger partial charge on any atom is 0.224 e. The van der Waals surface area contributed by atoms with E-state index in [2.05, 4.69) is 104 Å². The van der Waals surface area contributed by atoms with Crippen LogP contribution >= 0.6 is 0 Å². The summed E-state index contributed by atoms with van der Waals surface area (Å²) in [6.45, 7) is 0. The summed E-state index contributed by atoms with van der Waals surface area (Å²) in [4.78, 5) is 19.0. The largest absolute Gasteiger partial charge is 0.373 e. The van der Waals surface area contributed by atoms with E-state index in [4.69, 9.17) is 9.97 Å². The number of nitrogens with zero attached hydrogens (tertiary/aromatic N) is 4. The van der Waals surface area contributed by atoms with Crippen LogP contribution in [-0.2, 0) is 0 Å². The molecular weight excluding hydrogens is 448 g/mol. The van der Waals surface area contributed by atoms with Crippen molar-refractivity contribution in [3.05, 3.63) is 95.3 Å². The summed E-state index contributed by atoms with van der Waals surface area (Å²) in [5.41, 5.74) is 4.56. The molecule has 8 nitrogen and oxygen atoms in total. The number of anilines is 4. The van der Waals surface area contributed by atoms with Crippen LogP contribution in [0.3, 0.4) is 0 Å². The number of aromatic nitrogens is 4. The molecule has 0 bridgehead atoms. The molecule has 1 saturated carbocycles. The molecule has 1 fully saturated rings. The fourth-order valence-corrected chi connectivity index (χ4v) is 5.42. The molecule has 8 heteroatoms. The second kappa shape index (κ2) is 10.2. The van der Waals surface area contributed by atoms with Crippen molar-refractivity contribution in [2.75, 3.05) is 49.5 Å². The number of hydrogen-bond acceptors (Lipinski definition) is 8. The molecule has 0 saturated heterocycles. The van der Waals surface area contributed by atoms with Gasteiger partial charge in [0.15, 0.2) is 0 Å². The van der Waals surface area contributed by atoms with Gasteiger partial charge in [-0.05, 0) is 11.1 Å². The van der Waals surface area contributed by atoms with Crippen molar-refractivity contribution >= 4 is 23.5 Å². The molecule has 1 aliphatic carbocycles. The maximum absolute atomic E-state index is 4.95. The molecule has 4 N–H and O–H groups in total. The van der Waals surface area contributed by atoms with E-state index in [0.29, 0.717) is 11.9 Å². The van der Waals surface area contributed by atoms with Crippen LogP contribution in [0.5, 0.6) is 0 Å². The molecular formula is C28H32N8. The average Bonchev–Trinajstić information content (AvgIpc) is 2.93. The highest BCUT2D eigenvalue weighted by molar-refractivity contribution is 5.52. The molecule has 184 valence electrons. The van der Waals surface area contributed by atoms with Crippen LogP contribution in [0.15, 0.2) is 72.8 Å². The standard InChI is InChI=1S/C28H32N8/c1-29-21-15-19(33-27(31-3)35-21)25-23(17-11-7-5-8-12-17)26(24(25)18-13-9-6-10-14-18)20-16-22(30-2)36-28(32-4)34-20/h5-16,23-26H,1-4H3,(H2,29,31,33,35)(H2,30,32,34,36). The van der Waals surface area contributed by atoms with E-state index in [-0.39, 0.29) is 23.7 Å². The highest BCUT2D eigenvalue weighted by Crippen LogP contribution is 2.66. The molecule has 0 aliphatic heterocycles. The van der Waals surface area contributed by atoms with Gasteiger partial charge in [0.25, 0.3) is 0 Å². The van der Waals surface area contributed by atoms with Crippen molar-refractivity contribution in [3.63, 3.8) is 0 Å². The van der Waals surface area contributed by atoms with Gasteiger partial charge in [0.05, 0.1) is 11.4 Å². The summed E-state index contributed by atoms with van der Waals surface area (Å²) in [7, 11) is 7.48. The smallest absolute Gasteiger partial charge is 0.224 e. The topological polar surface area (TPSA) is 99.7 Å². The SMILES string of the molecule is CNc1cc(C2C(c3ccccc3)C(c3cc(NC)nc(NC)n3)C2c2ccccc2)nc(NC)n1. The minimum absolute atomic E-state index is 0.132. The predicted molar refractivity (Wildman–Crippen MR) is 146 cm³/mol. The Morgan fingerprint density at radius 3 is 1.19 bits per heavy atom. The van der Waals surface area contributed by atoms with Gasteiger partial charge in [-0.1, -0.05) is 60.7 Å². The van der Waals surface area contributed by atoms with E-state index in [1.54, 1.807) is 0 Å². The molecule has 2 heterocycles. The van der Waals surface area contributed by atoms with Gasteiger partial charge in [-0.2, -0.15) is 9.97 Å². The first-order chi connectivity index (χ1) is 17.7. The first kappa shape index (κ1) is 23.5. The van der Waals surface area contributed by atoms with Crippen molar-refractivity contribution in [2.24, 2.45) is 0 Å². The Bertz CT molecular complexity index is 1160. The lowest BCUT2D eigenvalue weighted by Gasteiger charge is -2.52. The third kappa shape index (κ3) is 4.30. The van der Waals surface area contributed by atoms with Gasteiger partial charge in [-0.15, -0.1) is 0 Å². The van der Waals surface area contributed by atoms with Crippen molar-refractivity contribution in [1.82, 2.24) is 19.9 Å². The van der Waals surface area contributed by atoms with Crippen LogP contribution in [0.4, 0.5) is 23.5 Å². The molecule has 0 amide bonds. The van der Waals surface area contributed by atoms with Gasteiger partial charge < -0.3 is 21.3 Å². The van der Waals surface area contributed by atoms with E-state index >= 15 is 0 Å². The van der Waals surface area contributed by atoms with Crippen LogP contribution in [0.1, 0.15) is 46.2 Å². The molecule has 2 aromatic carbocycles. The fourth-order valence-electron chi connectivity index (χ4n) is 5.42. The van der Waals surface area contributed by atoms with Crippen molar-refractivity contribution in [1.29, 1.82) is 0 Å². The molecule has 0 unspecified atom stereocenters.